The van der Waals surface area contributed by atoms with Crippen LogP contribution in [0.1, 0.15) is 42.6 Å². The molecule has 4 aromatic rings. The van der Waals surface area contributed by atoms with E-state index in [0.717, 1.165) is 30.5 Å². The summed E-state index contributed by atoms with van der Waals surface area (Å²) in [6, 6.07) is 23.3. The van der Waals surface area contributed by atoms with Crippen molar-refractivity contribution in [2.75, 3.05) is 16.2 Å². The van der Waals surface area contributed by atoms with Crippen LogP contribution in [0.25, 0.3) is 11.3 Å². The van der Waals surface area contributed by atoms with Crippen LogP contribution >= 0.6 is 11.3 Å². The molecule has 6 nitrogen and oxygen atoms in total. The van der Waals surface area contributed by atoms with Crippen molar-refractivity contribution in [2.45, 2.75) is 38.0 Å². The first-order chi connectivity index (χ1) is 17.4. The summed E-state index contributed by atoms with van der Waals surface area (Å²) in [7, 11) is -3.85. The lowest BCUT2D eigenvalue weighted by atomic mass is 10.1. The number of sulfonamides is 1. The zero-order valence-corrected chi connectivity index (χ0v) is 22.0. The molecule has 1 N–H and O–H groups in total. The molecule has 1 heterocycles. The largest absolute Gasteiger partial charge is 0.298 e. The van der Waals surface area contributed by atoms with E-state index >= 15 is 0 Å². The van der Waals surface area contributed by atoms with Gasteiger partial charge in [-0.1, -0.05) is 68.8 Å². The molecule has 186 valence electrons. The average Bonchev–Trinajstić information content (AvgIpc) is 3.38. The van der Waals surface area contributed by atoms with E-state index in [2.05, 4.69) is 29.4 Å². The quantitative estimate of drug-likeness (QED) is 0.255. The number of thiazole rings is 1. The molecule has 3 aromatic carbocycles. The fraction of sp³-hybridized carbons (Fsp3) is 0.214. The maximum atomic E-state index is 13.6. The summed E-state index contributed by atoms with van der Waals surface area (Å²) in [6.45, 7) is 4.49. The normalized spacial score (nSPS) is 11.3. The summed E-state index contributed by atoms with van der Waals surface area (Å²) in [4.78, 5) is 17.6. The molecule has 36 heavy (non-hydrogen) atoms. The lowest BCUT2D eigenvalue weighted by Gasteiger charge is -2.24. The fourth-order valence-electron chi connectivity index (χ4n) is 3.75. The Morgan fingerprint density at radius 1 is 0.972 bits per heavy atom. The zero-order chi connectivity index (χ0) is 25.5. The second-order valence-corrected chi connectivity index (χ2v) is 11.1. The number of carbonyl (C=O) groups excluding carboxylic acids is 1. The number of aryl methyl sites for hydroxylation is 1. The number of para-hydroxylation sites is 1. The van der Waals surface area contributed by atoms with Crippen molar-refractivity contribution in [3.8, 4) is 11.3 Å². The molecule has 0 aliphatic rings. The predicted octanol–water partition coefficient (Wildman–Crippen LogP) is 6.62. The van der Waals surface area contributed by atoms with Gasteiger partial charge in [0.15, 0.2) is 5.13 Å². The molecular formula is C28H29N3O3S2. The summed E-state index contributed by atoms with van der Waals surface area (Å²) >= 11 is 1.33. The maximum Gasteiger partial charge on any atom is 0.264 e. The van der Waals surface area contributed by atoms with Crippen molar-refractivity contribution in [3.63, 3.8) is 0 Å². The van der Waals surface area contributed by atoms with E-state index in [1.807, 2.05) is 42.6 Å². The molecule has 0 aliphatic heterocycles. The SMILES string of the molecule is CCCCN(c1ccccc1)S(=O)(=O)c1cccc(C(=O)Nc2nc(-c3ccc(CC)cc3)cs2)c1. The Hall–Kier alpha value is -3.49. The van der Waals surface area contributed by atoms with Gasteiger partial charge < -0.3 is 0 Å². The Kier molecular flexibility index (Phi) is 8.18. The van der Waals surface area contributed by atoms with Gasteiger partial charge in [0.25, 0.3) is 15.9 Å². The van der Waals surface area contributed by atoms with Gasteiger partial charge in [-0.15, -0.1) is 11.3 Å². The van der Waals surface area contributed by atoms with Crippen molar-refractivity contribution in [1.82, 2.24) is 4.98 Å². The number of anilines is 2. The summed E-state index contributed by atoms with van der Waals surface area (Å²) in [5.41, 5.74) is 3.86. The molecule has 0 bridgehead atoms. The Bertz CT molecular complexity index is 1420. The van der Waals surface area contributed by atoms with Gasteiger partial charge in [0, 0.05) is 23.1 Å². The third-order valence-corrected chi connectivity index (χ3v) is 8.41. The van der Waals surface area contributed by atoms with Crippen LogP contribution in [0, 0.1) is 0 Å². The van der Waals surface area contributed by atoms with Crippen molar-refractivity contribution in [1.29, 1.82) is 0 Å². The first kappa shape index (κ1) is 25.6. The number of rotatable bonds is 10. The highest BCUT2D eigenvalue weighted by Crippen LogP contribution is 2.27. The second-order valence-electron chi connectivity index (χ2n) is 8.34. The molecule has 8 heteroatoms. The minimum atomic E-state index is -3.85. The smallest absolute Gasteiger partial charge is 0.264 e. The van der Waals surface area contributed by atoms with Gasteiger partial charge in [-0.2, -0.15) is 0 Å². The molecule has 0 atom stereocenters. The highest BCUT2D eigenvalue weighted by atomic mass is 32.2. The van der Waals surface area contributed by atoms with E-state index in [4.69, 9.17) is 0 Å². The monoisotopic (exact) mass is 519 g/mol. The Morgan fingerprint density at radius 3 is 2.42 bits per heavy atom. The summed E-state index contributed by atoms with van der Waals surface area (Å²) in [5, 5.41) is 5.15. The molecule has 0 saturated carbocycles. The standard InChI is InChI=1S/C28H29N3O3S2/c1-3-5-18-31(24-11-7-6-8-12-24)36(33,34)25-13-9-10-23(19-25)27(32)30-28-29-26(20-35-28)22-16-14-21(4-2)15-17-22/h6-17,19-20H,3-5,18H2,1-2H3,(H,29,30,32). The minimum absolute atomic E-state index is 0.0750. The van der Waals surface area contributed by atoms with Crippen LogP contribution in [0.15, 0.2) is 89.1 Å². The number of benzene rings is 3. The van der Waals surface area contributed by atoms with Gasteiger partial charge in [0.05, 0.1) is 16.3 Å². The van der Waals surface area contributed by atoms with Crippen LogP contribution in [0.2, 0.25) is 0 Å². The van der Waals surface area contributed by atoms with Crippen LogP contribution in [0.3, 0.4) is 0 Å². The van der Waals surface area contributed by atoms with E-state index in [1.54, 1.807) is 24.3 Å². The maximum absolute atomic E-state index is 13.6. The van der Waals surface area contributed by atoms with Crippen LogP contribution in [0.5, 0.6) is 0 Å². The Balaban J connectivity index is 1.54. The van der Waals surface area contributed by atoms with Crippen LogP contribution in [-0.2, 0) is 16.4 Å². The summed E-state index contributed by atoms with van der Waals surface area (Å²) < 4.78 is 28.5. The topological polar surface area (TPSA) is 79.4 Å². The number of amides is 1. The van der Waals surface area contributed by atoms with Gasteiger partial charge in [-0.3, -0.25) is 14.4 Å². The average molecular weight is 520 g/mol. The van der Waals surface area contributed by atoms with Gasteiger partial charge >= 0.3 is 0 Å². The Morgan fingerprint density at radius 2 is 1.72 bits per heavy atom. The molecule has 0 aliphatic carbocycles. The van der Waals surface area contributed by atoms with Crippen LogP contribution in [0.4, 0.5) is 10.8 Å². The van der Waals surface area contributed by atoms with Gasteiger partial charge in [0.1, 0.15) is 0 Å². The first-order valence-electron chi connectivity index (χ1n) is 12.0. The number of carbonyl (C=O) groups is 1. The number of hydrogen-bond donors (Lipinski definition) is 1. The molecule has 0 unspecified atom stereocenters. The molecule has 4 rings (SSSR count). The van der Waals surface area contributed by atoms with Gasteiger partial charge in [-0.25, -0.2) is 13.4 Å². The van der Waals surface area contributed by atoms with E-state index in [1.165, 1.54) is 33.3 Å². The Labute approximate surface area is 216 Å². The molecular weight excluding hydrogens is 490 g/mol. The lowest BCUT2D eigenvalue weighted by molar-refractivity contribution is 0.102. The summed E-state index contributed by atoms with van der Waals surface area (Å²) in [6.07, 6.45) is 2.55. The molecule has 0 radical (unpaired) electrons. The molecule has 0 fully saturated rings. The van der Waals surface area contributed by atoms with E-state index in [9.17, 15) is 13.2 Å². The summed E-state index contributed by atoms with van der Waals surface area (Å²) in [5.74, 6) is -0.408. The first-order valence-corrected chi connectivity index (χ1v) is 14.3. The number of nitrogens with zero attached hydrogens (tertiary/aromatic N) is 2. The van der Waals surface area contributed by atoms with Crippen molar-refractivity contribution in [2.24, 2.45) is 0 Å². The second kappa shape index (κ2) is 11.5. The van der Waals surface area contributed by atoms with Crippen molar-refractivity contribution >= 4 is 38.1 Å². The van der Waals surface area contributed by atoms with Crippen LogP contribution in [-0.4, -0.2) is 25.9 Å². The van der Waals surface area contributed by atoms with E-state index < -0.39 is 15.9 Å². The van der Waals surface area contributed by atoms with Crippen molar-refractivity contribution < 1.29 is 13.2 Å². The van der Waals surface area contributed by atoms with E-state index in [0.29, 0.717) is 17.4 Å². The molecule has 0 spiro atoms. The number of aromatic nitrogens is 1. The van der Waals surface area contributed by atoms with Gasteiger partial charge in [-0.05, 0) is 48.7 Å². The lowest BCUT2D eigenvalue weighted by Crippen LogP contribution is -2.32. The number of nitrogens with one attached hydrogen (secondary N) is 1. The predicted molar refractivity (Wildman–Crippen MR) is 147 cm³/mol. The van der Waals surface area contributed by atoms with Crippen LogP contribution < -0.4 is 9.62 Å². The number of unbranched alkanes of at least 4 members (excludes halogenated alkanes) is 1. The van der Waals surface area contributed by atoms with Crippen molar-refractivity contribution in [3.05, 3.63) is 95.4 Å². The zero-order valence-electron chi connectivity index (χ0n) is 20.3. The highest BCUT2D eigenvalue weighted by molar-refractivity contribution is 7.92. The number of hydrogen-bond acceptors (Lipinski definition) is 5. The molecule has 0 saturated heterocycles. The third kappa shape index (κ3) is 5.83. The minimum Gasteiger partial charge on any atom is -0.298 e. The third-order valence-electron chi connectivity index (χ3n) is 5.83. The molecule has 1 aromatic heterocycles. The fourth-order valence-corrected chi connectivity index (χ4v) is 6.02. The van der Waals surface area contributed by atoms with E-state index in [-0.39, 0.29) is 10.5 Å². The molecule has 1 amide bonds. The highest BCUT2D eigenvalue weighted by Gasteiger charge is 2.25. The van der Waals surface area contributed by atoms with Gasteiger partial charge in [0.2, 0.25) is 0 Å².